The number of carbonyl (C=O) groups is 1. The molecule has 1 heterocycles. The number of rotatable bonds is 1. The van der Waals surface area contributed by atoms with Gasteiger partial charge in [0.15, 0.2) is 0 Å². The molecule has 1 aromatic heterocycles. The number of halogens is 1. The van der Waals surface area contributed by atoms with E-state index in [0.29, 0.717) is 0 Å². The number of primary amides is 1. The highest BCUT2D eigenvalue weighted by Gasteiger charge is 2.01. The largest absolute Gasteiger partial charge is 0.365 e. The second kappa shape index (κ2) is 1.85. The molecular weight excluding hydrogens is 125 g/mol. The maximum Gasteiger partial charge on any atom is 0.251 e. The summed E-state index contributed by atoms with van der Waals surface area (Å²) in [5.41, 5.74) is 4.84. The SMILES string of the molecule is NC(=O)c1cnn(F)c1. The predicted molar refractivity (Wildman–Crippen MR) is 27.3 cm³/mol. The van der Waals surface area contributed by atoms with Gasteiger partial charge in [-0.3, -0.25) is 4.79 Å². The molecule has 0 radical (unpaired) electrons. The quantitative estimate of drug-likeness (QED) is 0.566. The van der Waals surface area contributed by atoms with Gasteiger partial charge >= 0.3 is 0 Å². The maximum atomic E-state index is 11.9. The molecule has 0 spiro atoms. The smallest absolute Gasteiger partial charge is 0.251 e. The molecule has 0 aliphatic heterocycles. The molecule has 48 valence electrons. The molecule has 0 bridgehead atoms. The standard InChI is InChI=1S/C4H4FN3O/c5-8-2-3(1-7-8)4(6)9/h1-2H,(H2,6,9). The lowest BCUT2D eigenvalue weighted by Gasteiger charge is -1.79. The number of carbonyl (C=O) groups excluding carboxylic acids is 1. The van der Waals surface area contributed by atoms with Crippen LogP contribution in [0.5, 0.6) is 0 Å². The fourth-order valence-electron chi connectivity index (χ4n) is 0.426. The lowest BCUT2D eigenvalue weighted by molar-refractivity contribution is 0.0999. The van der Waals surface area contributed by atoms with E-state index in [1.165, 1.54) is 0 Å². The van der Waals surface area contributed by atoms with Crippen LogP contribution in [0.15, 0.2) is 12.4 Å². The summed E-state index contributed by atoms with van der Waals surface area (Å²) in [6, 6.07) is 0. The minimum Gasteiger partial charge on any atom is -0.365 e. The van der Waals surface area contributed by atoms with Gasteiger partial charge in [-0.15, -0.1) is 4.90 Å². The number of amides is 1. The summed E-state index contributed by atoms with van der Waals surface area (Å²) >= 11 is 0. The number of hydrogen-bond donors (Lipinski definition) is 1. The Kier molecular flexibility index (Phi) is 1.18. The second-order valence-corrected chi connectivity index (χ2v) is 1.48. The zero-order valence-corrected chi connectivity index (χ0v) is 4.41. The van der Waals surface area contributed by atoms with E-state index in [2.05, 4.69) is 5.10 Å². The van der Waals surface area contributed by atoms with Crippen LogP contribution in [0.4, 0.5) is 4.48 Å². The van der Waals surface area contributed by atoms with E-state index in [4.69, 9.17) is 5.73 Å². The summed E-state index contributed by atoms with van der Waals surface area (Å²) in [5.74, 6) is -0.682. The van der Waals surface area contributed by atoms with Crippen LogP contribution < -0.4 is 5.73 Å². The lowest BCUT2D eigenvalue weighted by atomic mass is 10.4. The molecule has 1 rings (SSSR count). The van der Waals surface area contributed by atoms with Crippen LogP contribution in [0, 0.1) is 0 Å². The van der Waals surface area contributed by atoms with Crippen LogP contribution in [0.3, 0.4) is 0 Å². The molecule has 0 fully saturated rings. The first kappa shape index (κ1) is 5.74. The number of nitrogens with two attached hydrogens (primary N) is 1. The van der Waals surface area contributed by atoms with Crippen molar-refractivity contribution in [3.63, 3.8) is 0 Å². The number of hydrogen-bond acceptors (Lipinski definition) is 2. The van der Waals surface area contributed by atoms with Gasteiger partial charge in [0.1, 0.15) is 0 Å². The summed E-state index contributed by atoms with van der Waals surface area (Å²) in [6.07, 6.45) is 1.96. The molecule has 4 nitrogen and oxygen atoms in total. The molecule has 1 amide bonds. The summed E-state index contributed by atoms with van der Waals surface area (Å²) in [7, 11) is 0. The molecular formula is C4H4FN3O. The Morgan fingerprint density at radius 3 is 2.78 bits per heavy atom. The summed E-state index contributed by atoms with van der Waals surface area (Å²) < 4.78 is 11.9. The highest BCUT2D eigenvalue weighted by atomic mass is 19.2. The molecule has 5 heteroatoms. The third kappa shape index (κ3) is 1.04. The van der Waals surface area contributed by atoms with Crippen molar-refractivity contribution in [3.8, 4) is 0 Å². The molecule has 0 saturated heterocycles. The highest BCUT2D eigenvalue weighted by molar-refractivity contribution is 5.92. The molecule has 0 saturated carbocycles. The van der Waals surface area contributed by atoms with Crippen molar-refractivity contribution in [3.05, 3.63) is 18.0 Å². The lowest BCUT2D eigenvalue weighted by Crippen LogP contribution is -2.09. The van der Waals surface area contributed by atoms with Gasteiger partial charge in [0.2, 0.25) is 0 Å². The van der Waals surface area contributed by atoms with Crippen LogP contribution in [0.1, 0.15) is 10.4 Å². The summed E-state index contributed by atoms with van der Waals surface area (Å²) in [5, 5.41) is 3.09. The molecule has 9 heavy (non-hydrogen) atoms. The number of nitrogens with zero attached hydrogens (tertiary/aromatic N) is 2. The Labute approximate surface area is 50.0 Å². The van der Waals surface area contributed by atoms with Gasteiger partial charge in [-0.25, -0.2) is 0 Å². The third-order valence-electron chi connectivity index (χ3n) is 0.837. The average molecular weight is 129 g/mol. The van der Waals surface area contributed by atoms with Crippen molar-refractivity contribution < 1.29 is 9.28 Å². The van der Waals surface area contributed by atoms with Crippen LogP contribution in [0.25, 0.3) is 0 Å². The Hall–Kier alpha value is -1.39. The van der Waals surface area contributed by atoms with Crippen molar-refractivity contribution in [2.24, 2.45) is 5.73 Å². The Balaban J connectivity index is 2.98. The Morgan fingerprint density at radius 2 is 2.56 bits per heavy atom. The minimum atomic E-state index is -0.682. The Bertz CT molecular complexity index is 231. The van der Waals surface area contributed by atoms with E-state index < -0.39 is 5.91 Å². The first-order chi connectivity index (χ1) is 4.20. The van der Waals surface area contributed by atoms with Crippen LogP contribution >= 0.6 is 0 Å². The topological polar surface area (TPSA) is 60.9 Å². The first-order valence-electron chi connectivity index (χ1n) is 2.21. The van der Waals surface area contributed by atoms with Gasteiger partial charge in [-0.2, -0.15) is 5.10 Å². The van der Waals surface area contributed by atoms with E-state index in [0.717, 1.165) is 12.4 Å². The third-order valence-corrected chi connectivity index (χ3v) is 0.837. The molecule has 1 aromatic rings. The molecule has 0 atom stereocenters. The average Bonchev–Trinajstić information content (AvgIpc) is 2.14. The maximum absolute atomic E-state index is 11.9. The molecule has 2 N–H and O–H groups in total. The Morgan fingerprint density at radius 1 is 1.89 bits per heavy atom. The van der Waals surface area contributed by atoms with Gasteiger partial charge < -0.3 is 5.73 Å². The molecule has 0 aliphatic rings. The molecule has 0 aromatic carbocycles. The zero-order valence-electron chi connectivity index (χ0n) is 4.41. The normalized spacial score (nSPS) is 9.44. The monoisotopic (exact) mass is 129 g/mol. The summed E-state index contributed by atoms with van der Waals surface area (Å²) in [6.45, 7) is 0. The van der Waals surface area contributed by atoms with E-state index in [-0.39, 0.29) is 10.5 Å². The highest BCUT2D eigenvalue weighted by Crippen LogP contribution is 1.93. The van der Waals surface area contributed by atoms with E-state index >= 15 is 0 Å². The van der Waals surface area contributed by atoms with E-state index in [1.807, 2.05) is 0 Å². The molecule has 0 unspecified atom stereocenters. The van der Waals surface area contributed by atoms with Crippen molar-refractivity contribution in [1.82, 2.24) is 10.0 Å². The van der Waals surface area contributed by atoms with Gasteiger partial charge in [-0.05, 0) is 0 Å². The van der Waals surface area contributed by atoms with Gasteiger partial charge in [0.05, 0.1) is 18.0 Å². The first-order valence-corrected chi connectivity index (χ1v) is 2.21. The van der Waals surface area contributed by atoms with Gasteiger partial charge in [-0.1, -0.05) is 4.48 Å². The van der Waals surface area contributed by atoms with Gasteiger partial charge in [0, 0.05) is 0 Å². The predicted octanol–water partition coefficient (Wildman–Crippen LogP) is -0.285. The van der Waals surface area contributed by atoms with E-state index in [9.17, 15) is 9.28 Å². The van der Waals surface area contributed by atoms with Crippen LogP contribution in [-0.2, 0) is 0 Å². The van der Waals surface area contributed by atoms with Crippen molar-refractivity contribution in [1.29, 1.82) is 0 Å². The van der Waals surface area contributed by atoms with Crippen molar-refractivity contribution in [2.45, 2.75) is 0 Å². The van der Waals surface area contributed by atoms with Gasteiger partial charge in [0.25, 0.3) is 5.91 Å². The van der Waals surface area contributed by atoms with Crippen LogP contribution in [0.2, 0.25) is 0 Å². The minimum absolute atomic E-state index is 0.0279. The second-order valence-electron chi connectivity index (χ2n) is 1.48. The fraction of sp³-hybridized carbons (Fsp3) is 0. The van der Waals surface area contributed by atoms with Crippen molar-refractivity contribution >= 4 is 5.91 Å². The van der Waals surface area contributed by atoms with Crippen LogP contribution in [-0.4, -0.2) is 15.9 Å². The fourth-order valence-corrected chi connectivity index (χ4v) is 0.426. The molecule has 0 aliphatic carbocycles. The summed E-state index contributed by atoms with van der Waals surface area (Å²) in [4.78, 5) is 10.2. The zero-order chi connectivity index (χ0) is 6.85. The van der Waals surface area contributed by atoms with E-state index in [1.54, 1.807) is 0 Å². The number of aromatic nitrogens is 2. The van der Waals surface area contributed by atoms with Crippen molar-refractivity contribution in [2.75, 3.05) is 0 Å².